The molecule has 5 N–H and O–H groups in total. The van der Waals surface area contributed by atoms with Gasteiger partial charge in [0, 0.05) is 19.0 Å². The molecular formula is C11H17N3O3S. The van der Waals surface area contributed by atoms with E-state index in [0.29, 0.717) is 6.54 Å². The third-order valence-electron chi connectivity index (χ3n) is 2.22. The van der Waals surface area contributed by atoms with Gasteiger partial charge in [0.15, 0.2) is 0 Å². The third-order valence-corrected chi connectivity index (χ3v) is 3.61. The normalized spacial score (nSPS) is 13.1. The lowest BCUT2D eigenvalue weighted by molar-refractivity contribution is -0.119. The summed E-state index contributed by atoms with van der Waals surface area (Å²) in [6.45, 7) is 1.96. The summed E-state index contributed by atoms with van der Waals surface area (Å²) in [7, 11) is -3.83. The standard InChI is InChI=1S/C11H17N3O3S/c1-8(13)6-11(15)14-18(16,17)10-4-2-9(7-12)3-5-10/h2-5,8H,6-7,12-13H2,1H3,(H,14,15). The highest BCUT2D eigenvalue weighted by molar-refractivity contribution is 7.90. The molecule has 1 amide bonds. The van der Waals surface area contributed by atoms with Crippen molar-refractivity contribution >= 4 is 15.9 Å². The van der Waals surface area contributed by atoms with Gasteiger partial charge in [0.05, 0.1) is 4.90 Å². The number of hydrogen-bond donors (Lipinski definition) is 3. The van der Waals surface area contributed by atoms with Crippen LogP contribution in [0.15, 0.2) is 29.2 Å². The van der Waals surface area contributed by atoms with Gasteiger partial charge in [0.1, 0.15) is 0 Å². The highest BCUT2D eigenvalue weighted by atomic mass is 32.2. The predicted octanol–water partition coefficient (Wildman–Crippen LogP) is -0.312. The summed E-state index contributed by atoms with van der Waals surface area (Å²) in [6.07, 6.45) is -0.0416. The SMILES string of the molecule is CC(N)CC(=O)NS(=O)(=O)c1ccc(CN)cc1. The number of nitrogens with two attached hydrogens (primary N) is 2. The average molecular weight is 271 g/mol. The molecule has 0 radical (unpaired) electrons. The quantitative estimate of drug-likeness (QED) is 0.679. The van der Waals surface area contributed by atoms with Crippen molar-refractivity contribution < 1.29 is 13.2 Å². The molecule has 18 heavy (non-hydrogen) atoms. The molecule has 0 aliphatic heterocycles. The molecule has 0 saturated carbocycles. The molecule has 1 aromatic rings. The topological polar surface area (TPSA) is 115 Å². The van der Waals surface area contributed by atoms with E-state index in [1.165, 1.54) is 12.1 Å². The van der Waals surface area contributed by atoms with Gasteiger partial charge in [0.25, 0.3) is 10.0 Å². The zero-order chi connectivity index (χ0) is 13.8. The van der Waals surface area contributed by atoms with Crippen molar-refractivity contribution in [1.82, 2.24) is 4.72 Å². The van der Waals surface area contributed by atoms with Crippen LogP contribution in [0.25, 0.3) is 0 Å². The number of carbonyl (C=O) groups is 1. The van der Waals surface area contributed by atoms with Crippen molar-refractivity contribution in [2.45, 2.75) is 30.8 Å². The zero-order valence-corrected chi connectivity index (χ0v) is 10.9. The van der Waals surface area contributed by atoms with Gasteiger partial charge in [-0.3, -0.25) is 4.79 Å². The smallest absolute Gasteiger partial charge is 0.264 e. The van der Waals surface area contributed by atoms with Crippen molar-refractivity contribution in [3.8, 4) is 0 Å². The molecule has 0 aliphatic carbocycles. The molecule has 0 spiro atoms. The van der Waals surface area contributed by atoms with Crippen LogP contribution in [0.4, 0.5) is 0 Å². The summed E-state index contributed by atoms with van der Waals surface area (Å²) in [4.78, 5) is 11.4. The number of hydrogen-bond acceptors (Lipinski definition) is 5. The molecule has 1 rings (SSSR count). The van der Waals surface area contributed by atoms with Crippen LogP contribution < -0.4 is 16.2 Å². The van der Waals surface area contributed by atoms with Crippen LogP contribution in [-0.2, 0) is 21.4 Å². The molecule has 0 fully saturated rings. The second-order valence-electron chi connectivity index (χ2n) is 4.06. The number of carbonyl (C=O) groups excluding carboxylic acids is 1. The molecular weight excluding hydrogens is 254 g/mol. The molecule has 0 saturated heterocycles. The fourth-order valence-corrected chi connectivity index (χ4v) is 2.34. The highest BCUT2D eigenvalue weighted by Gasteiger charge is 2.17. The number of sulfonamides is 1. The van der Waals surface area contributed by atoms with Gasteiger partial charge in [-0.05, 0) is 24.6 Å². The molecule has 6 nitrogen and oxygen atoms in total. The Morgan fingerprint density at radius 2 is 1.89 bits per heavy atom. The first-order valence-electron chi connectivity index (χ1n) is 5.45. The maximum Gasteiger partial charge on any atom is 0.264 e. The first kappa shape index (κ1) is 14.6. The fourth-order valence-electron chi connectivity index (χ4n) is 1.35. The predicted molar refractivity (Wildman–Crippen MR) is 67.9 cm³/mol. The lowest BCUT2D eigenvalue weighted by atomic mass is 10.2. The van der Waals surface area contributed by atoms with E-state index in [0.717, 1.165) is 5.56 Å². The number of rotatable bonds is 5. The zero-order valence-electron chi connectivity index (χ0n) is 10.1. The van der Waals surface area contributed by atoms with Crippen LogP contribution in [0.1, 0.15) is 18.9 Å². The Hall–Kier alpha value is -1.44. The van der Waals surface area contributed by atoms with Crippen molar-refractivity contribution in [2.24, 2.45) is 11.5 Å². The van der Waals surface area contributed by atoms with Crippen LogP contribution in [0.3, 0.4) is 0 Å². The Bertz CT molecular complexity index is 509. The van der Waals surface area contributed by atoms with Crippen LogP contribution in [-0.4, -0.2) is 20.4 Å². The second-order valence-corrected chi connectivity index (χ2v) is 5.74. The van der Waals surface area contributed by atoms with E-state index in [-0.39, 0.29) is 17.4 Å². The van der Waals surface area contributed by atoms with Crippen molar-refractivity contribution in [2.75, 3.05) is 0 Å². The molecule has 1 aromatic carbocycles. The molecule has 1 unspecified atom stereocenters. The first-order valence-corrected chi connectivity index (χ1v) is 6.93. The summed E-state index contributed by atoms with van der Waals surface area (Å²) in [6, 6.07) is 5.63. The molecule has 0 heterocycles. The van der Waals surface area contributed by atoms with E-state index < -0.39 is 15.9 Å². The van der Waals surface area contributed by atoms with Gasteiger partial charge in [-0.15, -0.1) is 0 Å². The van der Waals surface area contributed by atoms with Crippen LogP contribution in [0.5, 0.6) is 0 Å². The Morgan fingerprint density at radius 1 is 1.33 bits per heavy atom. The van der Waals surface area contributed by atoms with E-state index >= 15 is 0 Å². The molecule has 0 aliphatic rings. The van der Waals surface area contributed by atoms with Crippen LogP contribution in [0.2, 0.25) is 0 Å². The summed E-state index contributed by atoms with van der Waals surface area (Å²) in [5.74, 6) is -0.618. The van der Waals surface area contributed by atoms with E-state index in [9.17, 15) is 13.2 Å². The minimum Gasteiger partial charge on any atom is -0.327 e. The molecule has 0 aromatic heterocycles. The Labute approximate surface area is 106 Å². The van der Waals surface area contributed by atoms with E-state index in [1.807, 2.05) is 4.72 Å². The lowest BCUT2D eigenvalue weighted by Gasteiger charge is -2.08. The summed E-state index contributed by atoms with van der Waals surface area (Å²) in [5.41, 5.74) is 11.6. The highest BCUT2D eigenvalue weighted by Crippen LogP contribution is 2.10. The van der Waals surface area contributed by atoms with Crippen molar-refractivity contribution in [3.63, 3.8) is 0 Å². The van der Waals surface area contributed by atoms with Crippen LogP contribution >= 0.6 is 0 Å². The van der Waals surface area contributed by atoms with Gasteiger partial charge in [-0.2, -0.15) is 0 Å². The number of nitrogens with one attached hydrogen (secondary N) is 1. The second kappa shape index (κ2) is 5.94. The maximum absolute atomic E-state index is 11.8. The van der Waals surface area contributed by atoms with E-state index in [2.05, 4.69) is 0 Å². The van der Waals surface area contributed by atoms with Gasteiger partial charge in [0.2, 0.25) is 5.91 Å². The number of amides is 1. The Balaban J connectivity index is 2.82. The molecule has 0 bridgehead atoms. The van der Waals surface area contributed by atoms with Crippen molar-refractivity contribution in [3.05, 3.63) is 29.8 Å². The minimum absolute atomic E-state index is 0.0257. The summed E-state index contributed by atoms with van der Waals surface area (Å²) < 4.78 is 25.6. The monoisotopic (exact) mass is 271 g/mol. The van der Waals surface area contributed by atoms with Gasteiger partial charge in [-0.25, -0.2) is 13.1 Å². The molecule has 100 valence electrons. The van der Waals surface area contributed by atoms with E-state index in [1.54, 1.807) is 19.1 Å². The Kier molecular flexibility index (Phi) is 4.83. The van der Waals surface area contributed by atoms with E-state index in [4.69, 9.17) is 11.5 Å². The third kappa shape index (κ3) is 4.10. The van der Waals surface area contributed by atoms with Gasteiger partial charge >= 0.3 is 0 Å². The van der Waals surface area contributed by atoms with Gasteiger partial charge in [-0.1, -0.05) is 12.1 Å². The Morgan fingerprint density at radius 3 is 2.33 bits per heavy atom. The van der Waals surface area contributed by atoms with Gasteiger partial charge < -0.3 is 11.5 Å². The molecule has 7 heteroatoms. The first-order chi connectivity index (χ1) is 8.35. The summed E-state index contributed by atoms with van der Waals surface area (Å²) in [5, 5.41) is 0. The summed E-state index contributed by atoms with van der Waals surface area (Å²) >= 11 is 0. The number of benzene rings is 1. The maximum atomic E-state index is 11.8. The molecule has 1 atom stereocenters. The fraction of sp³-hybridized carbons (Fsp3) is 0.364. The lowest BCUT2D eigenvalue weighted by Crippen LogP contribution is -2.34. The van der Waals surface area contributed by atoms with Crippen LogP contribution in [0, 0.1) is 0 Å². The van der Waals surface area contributed by atoms with Crippen molar-refractivity contribution in [1.29, 1.82) is 0 Å². The average Bonchev–Trinajstić information content (AvgIpc) is 2.27. The largest absolute Gasteiger partial charge is 0.327 e. The minimum atomic E-state index is -3.83.